The molecule has 0 spiro atoms. The summed E-state index contributed by atoms with van der Waals surface area (Å²) >= 11 is 0. The maximum atomic E-state index is 12.2. The third-order valence-electron chi connectivity index (χ3n) is 3.46. The van der Waals surface area contributed by atoms with Gasteiger partial charge in [-0.15, -0.1) is 0 Å². The number of hydrogen-bond donors (Lipinski definition) is 2. The van der Waals surface area contributed by atoms with E-state index in [1.807, 2.05) is 30.3 Å². The predicted molar refractivity (Wildman–Crippen MR) is 83.3 cm³/mol. The molecule has 1 unspecified atom stereocenters. The minimum Gasteiger partial charge on any atom is -0.480 e. The van der Waals surface area contributed by atoms with E-state index in [-0.39, 0.29) is 6.61 Å². The van der Waals surface area contributed by atoms with Crippen molar-refractivity contribution in [3.8, 4) is 0 Å². The molecule has 2 N–H and O–H groups in total. The number of nitrogens with zero attached hydrogens (tertiary/aromatic N) is 2. The molecule has 0 aliphatic rings. The summed E-state index contributed by atoms with van der Waals surface area (Å²) in [6.07, 6.45) is 1.44. The van der Waals surface area contributed by atoms with E-state index in [0.717, 1.165) is 5.56 Å². The maximum absolute atomic E-state index is 12.2. The summed E-state index contributed by atoms with van der Waals surface area (Å²) in [6.45, 7) is 2.22. The largest absolute Gasteiger partial charge is 0.480 e. The minimum absolute atomic E-state index is 0.0989. The molecular formula is C16H19N3O4. The first kappa shape index (κ1) is 16.7. The number of nitrogens with one attached hydrogen (secondary N) is 1. The van der Waals surface area contributed by atoms with Gasteiger partial charge in [0, 0.05) is 12.8 Å². The van der Waals surface area contributed by atoms with E-state index in [9.17, 15) is 9.59 Å². The van der Waals surface area contributed by atoms with Crippen LogP contribution < -0.4 is 5.32 Å². The van der Waals surface area contributed by atoms with Gasteiger partial charge in [0.15, 0.2) is 6.04 Å². The van der Waals surface area contributed by atoms with Gasteiger partial charge in [0.05, 0.1) is 24.9 Å². The van der Waals surface area contributed by atoms with E-state index in [0.29, 0.717) is 17.8 Å². The lowest BCUT2D eigenvalue weighted by atomic mass is 10.2. The molecule has 1 aromatic heterocycles. The third kappa shape index (κ3) is 4.17. The average molecular weight is 317 g/mol. The van der Waals surface area contributed by atoms with E-state index in [2.05, 4.69) is 10.4 Å². The Hall–Kier alpha value is -2.67. The lowest BCUT2D eigenvalue weighted by Crippen LogP contribution is -2.43. The number of benzene rings is 1. The number of amides is 1. The number of carboxylic acid groups (broad SMARTS) is 1. The smallest absolute Gasteiger partial charge is 0.328 e. The van der Waals surface area contributed by atoms with Crippen LogP contribution >= 0.6 is 0 Å². The number of methoxy groups -OCH3 is 1. The van der Waals surface area contributed by atoms with E-state index < -0.39 is 17.9 Å². The van der Waals surface area contributed by atoms with Gasteiger partial charge in [-0.3, -0.25) is 9.48 Å². The number of carboxylic acids is 1. The van der Waals surface area contributed by atoms with Crippen molar-refractivity contribution in [1.29, 1.82) is 0 Å². The first-order valence-electron chi connectivity index (χ1n) is 7.12. The Morgan fingerprint density at radius 2 is 2.04 bits per heavy atom. The fraction of sp³-hybridized carbons (Fsp3) is 0.312. The highest BCUT2D eigenvalue weighted by Crippen LogP contribution is 2.10. The number of hydrogen-bond acceptors (Lipinski definition) is 4. The highest BCUT2D eigenvalue weighted by Gasteiger charge is 2.22. The summed E-state index contributed by atoms with van der Waals surface area (Å²) in [5.41, 5.74) is 2.09. The second-order valence-electron chi connectivity index (χ2n) is 5.11. The zero-order valence-corrected chi connectivity index (χ0v) is 13.0. The van der Waals surface area contributed by atoms with Crippen LogP contribution in [0, 0.1) is 6.92 Å². The Labute approximate surface area is 133 Å². The number of aromatic nitrogens is 2. The van der Waals surface area contributed by atoms with Gasteiger partial charge >= 0.3 is 5.97 Å². The first-order valence-corrected chi connectivity index (χ1v) is 7.12. The Balaban J connectivity index is 2.11. The molecule has 0 fully saturated rings. The molecular weight excluding hydrogens is 298 g/mol. The molecule has 2 aromatic rings. The van der Waals surface area contributed by atoms with Crippen molar-refractivity contribution in [1.82, 2.24) is 15.1 Å². The molecule has 7 heteroatoms. The maximum Gasteiger partial charge on any atom is 0.328 e. The lowest BCUT2D eigenvalue weighted by molar-refractivity contribution is -0.140. The second kappa shape index (κ2) is 7.55. The Bertz CT molecular complexity index is 682. The SMILES string of the molecule is COCC(NC(=O)c1cnn(Cc2ccccc2)c1C)C(=O)O. The van der Waals surface area contributed by atoms with Crippen LogP contribution in [0.4, 0.5) is 0 Å². The minimum atomic E-state index is -1.14. The van der Waals surface area contributed by atoms with Gasteiger partial charge in [-0.05, 0) is 12.5 Å². The third-order valence-corrected chi connectivity index (χ3v) is 3.46. The molecule has 1 atom stereocenters. The van der Waals surface area contributed by atoms with Gasteiger partial charge in [-0.25, -0.2) is 4.79 Å². The quantitative estimate of drug-likeness (QED) is 0.797. The Kier molecular flexibility index (Phi) is 5.48. The Morgan fingerprint density at radius 1 is 1.35 bits per heavy atom. The van der Waals surface area contributed by atoms with Crippen LogP contribution in [0.1, 0.15) is 21.6 Å². The topological polar surface area (TPSA) is 93.5 Å². The first-order chi connectivity index (χ1) is 11.0. The van der Waals surface area contributed by atoms with Crippen LogP contribution in [-0.4, -0.2) is 46.5 Å². The summed E-state index contributed by atoms with van der Waals surface area (Å²) in [5, 5.41) is 15.7. The number of carbonyl (C=O) groups is 2. The molecule has 0 radical (unpaired) electrons. The van der Waals surface area contributed by atoms with Gasteiger partial charge in [0.25, 0.3) is 5.91 Å². The number of aliphatic carboxylic acids is 1. The molecule has 0 aliphatic heterocycles. The molecule has 0 saturated carbocycles. The molecule has 122 valence electrons. The fourth-order valence-electron chi connectivity index (χ4n) is 2.16. The highest BCUT2D eigenvalue weighted by molar-refractivity contribution is 5.97. The van der Waals surface area contributed by atoms with Crippen LogP contribution in [0.3, 0.4) is 0 Å². The number of carbonyl (C=O) groups excluding carboxylic acids is 1. The van der Waals surface area contributed by atoms with Crippen LogP contribution in [0.2, 0.25) is 0 Å². The zero-order valence-electron chi connectivity index (χ0n) is 13.0. The van der Waals surface area contributed by atoms with E-state index >= 15 is 0 Å². The molecule has 1 aromatic carbocycles. The fourth-order valence-corrected chi connectivity index (χ4v) is 2.16. The molecule has 0 bridgehead atoms. The lowest BCUT2D eigenvalue weighted by Gasteiger charge is -2.13. The molecule has 2 rings (SSSR count). The van der Waals surface area contributed by atoms with Crippen molar-refractivity contribution >= 4 is 11.9 Å². The summed E-state index contributed by atoms with van der Waals surface area (Å²) in [5.74, 6) is -1.62. The van der Waals surface area contributed by atoms with Gasteiger partial charge in [0.1, 0.15) is 0 Å². The van der Waals surface area contributed by atoms with Crippen LogP contribution in [-0.2, 0) is 16.1 Å². The highest BCUT2D eigenvalue weighted by atomic mass is 16.5. The number of rotatable bonds is 7. The van der Waals surface area contributed by atoms with E-state index in [1.54, 1.807) is 11.6 Å². The van der Waals surface area contributed by atoms with Crippen molar-refractivity contribution < 1.29 is 19.4 Å². The van der Waals surface area contributed by atoms with Crippen molar-refractivity contribution in [2.45, 2.75) is 19.5 Å². The van der Waals surface area contributed by atoms with Gasteiger partial charge in [0.2, 0.25) is 0 Å². The van der Waals surface area contributed by atoms with Crippen LogP contribution in [0.5, 0.6) is 0 Å². The molecule has 0 saturated heterocycles. The van der Waals surface area contributed by atoms with Gasteiger partial charge in [-0.2, -0.15) is 5.10 Å². The summed E-state index contributed by atoms with van der Waals surface area (Å²) < 4.78 is 6.50. The molecule has 1 heterocycles. The predicted octanol–water partition coefficient (Wildman–Crippen LogP) is 1.07. The second-order valence-corrected chi connectivity index (χ2v) is 5.11. The van der Waals surface area contributed by atoms with Gasteiger partial charge < -0.3 is 15.2 Å². The van der Waals surface area contributed by atoms with Crippen molar-refractivity contribution in [2.75, 3.05) is 13.7 Å². The zero-order chi connectivity index (χ0) is 16.8. The Morgan fingerprint density at radius 3 is 2.65 bits per heavy atom. The van der Waals surface area contributed by atoms with E-state index in [4.69, 9.17) is 9.84 Å². The van der Waals surface area contributed by atoms with Crippen LogP contribution in [0.15, 0.2) is 36.5 Å². The summed E-state index contributed by atoms with van der Waals surface area (Å²) in [6, 6.07) is 8.65. The average Bonchev–Trinajstić information content (AvgIpc) is 2.89. The van der Waals surface area contributed by atoms with Crippen molar-refractivity contribution in [3.05, 3.63) is 53.3 Å². The van der Waals surface area contributed by atoms with Crippen molar-refractivity contribution in [2.24, 2.45) is 0 Å². The van der Waals surface area contributed by atoms with Gasteiger partial charge in [-0.1, -0.05) is 30.3 Å². The molecule has 7 nitrogen and oxygen atoms in total. The van der Waals surface area contributed by atoms with Crippen LogP contribution in [0.25, 0.3) is 0 Å². The monoisotopic (exact) mass is 317 g/mol. The van der Waals surface area contributed by atoms with E-state index in [1.165, 1.54) is 13.3 Å². The molecule has 1 amide bonds. The molecule has 23 heavy (non-hydrogen) atoms. The summed E-state index contributed by atoms with van der Waals surface area (Å²) in [4.78, 5) is 23.3. The van der Waals surface area contributed by atoms with Crippen molar-refractivity contribution in [3.63, 3.8) is 0 Å². The normalized spacial score (nSPS) is 11.9. The number of ether oxygens (including phenoxy) is 1. The molecule has 0 aliphatic carbocycles. The standard InChI is InChI=1S/C16H19N3O4/c1-11-13(15(20)18-14(10-23-2)16(21)22)8-17-19(11)9-12-6-4-3-5-7-12/h3-8,14H,9-10H2,1-2H3,(H,18,20)(H,21,22). The summed E-state index contributed by atoms with van der Waals surface area (Å²) in [7, 11) is 1.38.